The molecule has 1 unspecified atom stereocenters. The summed E-state index contributed by atoms with van der Waals surface area (Å²) in [5.41, 5.74) is 0.450. The van der Waals surface area contributed by atoms with Crippen LogP contribution in [-0.4, -0.2) is 23.8 Å². The average molecular weight is 246 g/mol. The topological polar surface area (TPSA) is 32.3 Å². The number of rotatable bonds is 5. The molecule has 0 amide bonds. The normalized spacial score (nSPS) is 13.1. The summed E-state index contributed by atoms with van der Waals surface area (Å²) in [7, 11) is 0. The Kier molecular flexibility index (Phi) is 5.19. The van der Waals surface area contributed by atoms with Crippen LogP contribution in [0.4, 0.5) is 4.39 Å². The van der Waals surface area contributed by atoms with E-state index >= 15 is 0 Å². The Morgan fingerprint density at radius 3 is 2.75 bits per heavy atom. The molecule has 1 rings (SSSR count). The molecular weight excluding hydrogens is 229 g/mol. The zero-order chi connectivity index (χ0) is 12.1. The zero-order valence-corrected chi connectivity index (χ0v) is 10.3. The van der Waals surface area contributed by atoms with Crippen molar-refractivity contribution in [2.75, 3.05) is 6.54 Å². The second kappa shape index (κ2) is 6.18. The minimum Gasteiger partial charge on any atom is -0.391 e. The smallest absolute Gasteiger partial charge is 0.126 e. The van der Waals surface area contributed by atoms with Gasteiger partial charge in [-0.05, 0) is 23.8 Å². The molecule has 90 valence electrons. The molecular formula is C12H17ClFNO. The highest BCUT2D eigenvalue weighted by Crippen LogP contribution is 2.16. The summed E-state index contributed by atoms with van der Waals surface area (Å²) in [6, 6.07) is 4.67. The highest BCUT2D eigenvalue weighted by atomic mass is 35.5. The molecule has 1 atom stereocenters. The van der Waals surface area contributed by atoms with E-state index in [1.807, 2.05) is 13.8 Å². The van der Waals surface area contributed by atoms with Crippen LogP contribution in [0.5, 0.6) is 0 Å². The lowest BCUT2D eigenvalue weighted by molar-refractivity contribution is 0.167. The van der Waals surface area contributed by atoms with Crippen LogP contribution in [0.15, 0.2) is 18.2 Å². The summed E-state index contributed by atoms with van der Waals surface area (Å²) in [5.74, 6) is -0.326. The van der Waals surface area contributed by atoms with Crippen LogP contribution in [0.2, 0.25) is 5.02 Å². The Labute approximate surface area is 100 Å². The van der Waals surface area contributed by atoms with E-state index in [2.05, 4.69) is 5.32 Å². The molecule has 1 aromatic carbocycles. The van der Waals surface area contributed by atoms with Crippen LogP contribution in [-0.2, 0) is 6.42 Å². The third-order valence-corrected chi connectivity index (χ3v) is 2.46. The van der Waals surface area contributed by atoms with Gasteiger partial charge in [-0.15, -0.1) is 0 Å². The third-order valence-electron chi connectivity index (χ3n) is 2.23. The molecule has 0 aliphatic rings. The number of hydrogen-bond acceptors (Lipinski definition) is 2. The summed E-state index contributed by atoms with van der Waals surface area (Å²) >= 11 is 5.76. The van der Waals surface area contributed by atoms with Gasteiger partial charge in [0.1, 0.15) is 5.82 Å². The molecule has 0 spiro atoms. The van der Waals surface area contributed by atoms with Gasteiger partial charge in [0, 0.05) is 24.0 Å². The molecule has 16 heavy (non-hydrogen) atoms. The number of aliphatic hydroxyl groups is 1. The fraction of sp³-hybridized carbons (Fsp3) is 0.500. The van der Waals surface area contributed by atoms with Gasteiger partial charge in [0.2, 0.25) is 0 Å². The average Bonchev–Trinajstić information content (AvgIpc) is 2.20. The van der Waals surface area contributed by atoms with E-state index < -0.39 is 6.10 Å². The zero-order valence-electron chi connectivity index (χ0n) is 9.50. The Morgan fingerprint density at radius 2 is 2.12 bits per heavy atom. The second-order valence-electron chi connectivity index (χ2n) is 4.16. The fourth-order valence-corrected chi connectivity index (χ4v) is 1.59. The number of aliphatic hydroxyl groups excluding tert-OH is 1. The standard InChI is InChI=1S/C12H17ClFNO/c1-8(2)15-7-11(16)6-9-5-10(13)3-4-12(9)14/h3-5,8,11,15-16H,6-7H2,1-2H3. The molecule has 1 aromatic rings. The number of benzene rings is 1. The summed E-state index contributed by atoms with van der Waals surface area (Å²) in [4.78, 5) is 0. The van der Waals surface area contributed by atoms with Gasteiger partial charge in [-0.25, -0.2) is 4.39 Å². The van der Waals surface area contributed by atoms with E-state index in [9.17, 15) is 9.50 Å². The maximum atomic E-state index is 13.3. The van der Waals surface area contributed by atoms with Gasteiger partial charge >= 0.3 is 0 Å². The predicted molar refractivity (Wildman–Crippen MR) is 64.3 cm³/mol. The SMILES string of the molecule is CC(C)NCC(O)Cc1cc(Cl)ccc1F. The van der Waals surface area contributed by atoms with Crippen LogP contribution < -0.4 is 5.32 Å². The first-order valence-electron chi connectivity index (χ1n) is 5.34. The Balaban J connectivity index is 2.55. The van der Waals surface area contributed by atoms with Gasteiger partial charge in [-0.3, -0.25) is 0 Å². The molecule has 0 fully saturated rings. The molecule has 0 saturated carbocycles. The van der Waals surface area contributed by atoms with Crippen molar-refractivity contribution in [3.05, 3.63) is 34.6 Å². The van der Waals surface area contributed by atoms with E-state index in [0.29, 0.717) is 23.2 Å². The maximum Gasteiger partial charge on any atom is 0.126 e. The van der Waals surface area contributed by atoms with Gasteiger partial charge in [-0.1, -0.05) is 25.4 Å². The van der Waals surface area contributed by atoms with Crippen LogP contribution in [0.3, 0.4) is 0 Å². The fourth-order valence-electron chi connectivity index (χ4n) is 1.40. The van der Waals surface area contributed by atoms with Gasteiger partial charge < -0.3 is 10.4 Å². The molecule has 0 aliphatic carbocycles. The summed E-state index contributed by atoms with van der Waals surface area (Å²) < 4.78 is 13.3. The molecule has 0 saturated heterocycles. The molecule has 4 heteroatoms. The molecule has 0 aromatic heterocycles. The van der Waals surface area contributed by atoms with Crippen LogP contribution in [0.1, 0.15) is 19.4 Å². The first-order valence-corrected chi connectivity index (χ1v) is 5.72. The molecule has 0 heterocycles. The van der Waals surface area contributed by atoms with E-state index in [1.165, 1.54) is 12.1 Å². The van der Waals surface area contributed by atoms with Gasteiger partial charge in [0.15, 0.2) is 0 Å². The third kappa shape index (κ3) is 4.47. The summed E-state index contributed by atoms with van der Waals surface area (Å²) in [6.07, 6.45) is -0.332. The van der Waals surface area contributed by atoms with Gasteiger partial charge in [-0.2, -0.15) is 0 Å². The van der Waals surface area contributed by atoms with Crippen LogP contribution >= 0.6 is 11.6 Å². The quantitative estimate of drug-likeness (QED) is 0.835. The summed E-state index contributed by atoms with van der Waals surface area (Å²) in [6.45, 7) is 4.43. The van der Waals surface area contributed by atoms with E-state index in [1.54, 1.807) is 6.07 Å². The highest BCUT2D eigenvalue weighted by Gasteiger charge is 2.10. The van der Waals surface area contributed by atoms with Crippen molar-refractivity contribution in [2.24, 2.45) is 0 Å². The first-order chi connectivity index (χ1) is 7.49. The van der Waals surface area contributed by atoms with Crippen molar-refractivity contribution < 1.29 is 9.50 Å². The van der Waals surface area contributed by atoms with Crippen molar-refractivity contribution >= 4 is 11.6 Å². The van der Waals surface area contributed by atoms with E-state index in [-0.39, 0.29) is 12.2 Å². The van der Waals surface area contributed by atoms with Crippen LogP contribution in [0.25, 0.3) is 0 Å². The van der Waals surface area contributed by atoms with Crippen molar-refractivity contribution in [3.8, 4) is 0 Å². The van der Waals surface area contributed by atoms with Crippen molar-refractivity contribution in [1.29, 1.82) is 0 Å². The Bertz CT molecular complexity index is 344. The number of halogens is 2. The van der Waals surface area contributed by atoms with E-state index in [4.69, 9.17) is 11.6 Å². The minimum absolute atomic E-state index is 0.270. The molecule has 2 N–H and O–H groups in total. The number of hydrogen-bond donors (Lipinski definition) is 2. The largest absolute Gasteiger partial charge is 0.391 e. The predicted octanol–water partition coefficient (Wildman–Crippen LogP) is 2.38. The Morgan fingerprint density at radius 1 is 1.44 bits per heavy atom. The summed E-state index contributed by atoms with van der Waals surface area (Å²) in [5, 5.41) is 13.3. The lowest BCUT2D eigenvalue weighted by Crippen LogP contribution is -2.33. The lowest BCUT2D eigenvalue weighted by atomic mass is 10.1. The first kappa shape index (κ1) is 13.4. The van der Waals surface area contributed by atoms with Gasteiger partial charge in [0.05, 0.1) is 6.10 Å². The maximum absolute atomic E-state index is 13.3. The van der Waals surface area contributed by atoms with E-state index in [0.717, 1.165) is 0 Å². The van der Waals surface area contributed by atoms with Crippen molar-refractivity contribution in [1.82, 2.24) is 5.32 Å². The Hall–Kier alpha value is -0.640. The van der Waals surface area contributed by atoms with Gasteiger partial charge in [0.25, 0.3) is 0 Å². The lowest BCUT2D eigenvalue weighted by Gasteiger charge is -2.14. The van der Waals surface area contributed by atoms with Crippen molar-refractivity contribution in [3.63, 3.8) is 0 Å². The van der Waals surface area contributed by atoms with Crippen LogP contribution in [0, 0.1) is 5.82 Å². The molecule has 0 radical (unpaired) electrons. The molecule has 0 bridgehead atoms. The highest BCUT2D eigenvalue weighted by molar-refractivity contribution is 6.30. The monoisotopic (exact) mass is 245 g/mol. The minimum atomic E-state index is -0.602. The molecule has 0 aliphatic heterocycles. The molecule has 2 nitrogen and oxygen atoms in total. The second-order valence-corrected chi connectivity index (χ2v) is 4.59. The number of nitrogens with one attached hydrogen (secondary N) is 1. The van der Waals surface area contributed by atoms with Crippen molar-refractivity contribution in [2.45, 2.75) is 32.4 Å².